The normalized spacial score (nSPS) is 14.1. The summed E-state index contributed by atoms with van der Waals surface area (Å²) in [5, 5.41) is 2.69. The van der Waals surface area contributed by atoms with E-state index in [0.29, 0.717) is 11.4 Å². The Labute approximate surface area is 96.9 Å². The third-order valence-electron chi connectivity index (χ3n) is 1.92. The zero-order chi connectivity index (χ0) is 12.1. The zero-order valence-corrected chi connectivity index (χ0v) is 10.1. The van der Waals surface area contributed by atoms with Crippen LogP contribution in [0.3, 0.4) is 0 Å². The average molecular weight is 241 g/mol. The lowest BCUT2D eigenvalue weighted by molar-refractivity contribution is 0.0939. The Bertz CT molecular complexity index is 409. The van der Waals surface area contributed by atoms with Crippen LogP contribution in [0.15, 0.2) is 18.3 Å². The summed E-state index contributed by atoms with van der Waals surface area (Å²) in [7, 11) is -0.940. The number of carbonyl (C=O) groups is 1. The van der Waals surface area contributed by atoms with Crippen molar-refractivity contribution >= 4 is 22.4 Å². The first-order chi connectivity index (χ1) is 7.50. The molecule has 0 fully saturated rings. The van der Waals surface area contributed by atoms with Crippen molar-refractivity contribution in [1.29, 1.82) is 0 Å². The smallest absolute Gasteiger partial charge is 0.272 e. The van der Waals surface area contributed by atoms with Crippen LogP contribution in [0.4, 0.5) is 5.69 Å². The van der Waals surface area contributed by atoms with E-state index in [0.717, 1.165) is 0 Å². The molecule has 1 rings (SSSR count). The summed E-state index contributed by atoms with van der Waals surface area (Å²) < 4.78 is 11.0. The minimum atomic E-state index is -0.940. The monoisotopic (exact) mass is 241 g/mol. The molecule has 0 aromatic carbocycles. The fourth-order valence-corrected chi connectivity index (χ4v) is 2.08. The van der Waals surface area contributed by atoms with E-state index in [1.807, 2.05) is 0 Å². The molecule has 0 aliphatic rings. The molecule has 0 aliphatic carbocycles. The molecule has 88 valence electrons. The second kappa shape index (κ2) is 5.60. The average Bonchev–Trinajstić information content (AvgIpc) is 2.16. The summed E-state index contributed by atoms with van der Waals surface area (Å²) in [5.41, 5.74) is 6.16. The minimum Gasteiger partial charge on any atom is -0.397 e. The van der Waals surface area contributed by atoms with Crippen molar-refractivity contribution in [2.24, 2.45) is 0 Å². The third kappa shape index (κ3) is 3.62. The highest BCUT2D eigenvalue weighted by Gasteiger charge is 2.14. The molecular weight excluding hydrogens is 226 g/mol. The van der Waals surface area contributed by atoms with E-state index < -0.39 is 10.8 Å². The first-order valence-corrected chi connectivity index (χ1v) is 6.54. The second-order valence-corrected chi connectivity index (χ2v) is 5.04. The molecule has 0 aliphatic heterocycles. The van der Waals surface area contributed by atoms with Crippen molar-refractivity contribution in [3.05, 3.63) is 24.0 Å². The van der Waals surface area contributed by atoms with Gasteiger partial charge in [0, 0.05) is 35.0 Å². The van der Waals surface area contributed by atoms with Crippen LogP contribution in [0.25, 0.3) is 0 Å². The molecule has 1 aromatic heterocycles. The van der Waals surface area contributed by atoms with Gasteiger partial charge in [0.25, 0.3) is 5.91 Å². The number of pyridine rings is 1. The summed E-state index contributed by atoms with van der Waals surface area (Å²) >= 11 is 0. The molecule has 5 nitrogen and oxygen atoms in total. The van der Waals surface area contributed by atoms with Gasteiger partial charge in [-0.15, -0.1) is 0 Å². The van der Waals surface area contributed by atoms with Gasteiger partial charge in [0.05, 0.1) is 5.69 Å². The van der Waals surface area contributed by atoms with Gasteiger partial charge < -0.3 is 11.1 Å². The van der Waals surface area contributed by atoms with Crippen molar-refractivity contribution in [3.63, 3.8) is 0 Å². The molecule has 0 spiro atoms. The first kappa shape index (κ1) is 12.6. The molecule has 1 heterocycles. The van der Waals surface area contributed by atoms with Crippen LogP contribution in [-0.2, 0) is 10.8 Å². The van der Waals surface area contributed by atoms with Gasteiger partial charge in [-0.3, -0.25) is 9.00 Å². The van der Waals surface area contributed by atoms with E-state index in [-0.39, 0.29) is 17.6 Å². The number of rotatable bonds is 4. The molecule has 1 amide bonds. The van der Waals surface area contributed by atoms with Gasteiger partial charge in [-0.2, -0.15) is 0 Å². The Morgan fingerprint density at radius 2 is 2.38 bits per heavy atom. The second-order valence-electron chi connectivity index (χ2n) is 3.56. The first-order valence-electron chi connectivity index (χ1n) is 4.82. The highest BCUT2D eigenvalue weighted by molar-refractivity contribution is 7.84. The van der Waals surface area contributed by atoms with Crippen molar-refractivity contribution in [3.8, 4) is 0 Å². The molecule has 3 N–H and O–H groups in total. The van der Waals surface area contributed by atoms with Crippen molar-refractivity contribution in [2.75, 3.05) is 17.7 Å². The Morgan fingerprint density at radius 1 is 1.69 bits per heavy atom. The molecule has 0 saturated carbocycles. The Kier molecular flexibility index (Phi) is 4.42. The lowest BCUT2D eigenvalue weighted by atomic mass is 10.2. The Hall–Kier alpha value is -1.43. The van der Waals surface area contributed by atoms with Crippen LogP contribution in [-0.4, -0.2) is 33.2 Å². The predicted octanol–water partition coefficient (Wildman–Crippen LogP) is 0.161. The number of nitrogens with one attached hydrogen (secondary N) is 1. The van der Waals surface area contributed by atoms with E-state index in [9.17, 15) is 9.00 Å². The minimum absolute atomic E-state index is 0.167. The summed E-state index contributed by atoms with van der Waals surface area (Å²) in [6.45, 7) is 1.79. The molecule has 0 radical (unpaired) electrons. The van der Waals surface area contributed by atoms with Crippen LogP contribution >= 0.6 is 0 Å². The zero-order valence-electron chi connectivity index (χ0n) is 9.27. The number of aromatic nitrogens is 1. The third-order valence-corrected chi connectivity index (χ3v) is 2.89. The van der Waals surface area contributed by atoms with Crippen molar-refractivity contribution < 1.29 is 9.00 Å². The van der Waals surface area contributed by atoms with Crippen LogP contribution in [0.5, 0.6) is 0 Å². The quantitative estimate of drug-likeness (QED) is 0.786. The van der Waals surface area contributed by atoms with Crippen molar-refractivity contribution in [2.45, 2.75) is 13.0 Å². The molecule has 0 saturated heterocycles. The number of nitrogens with zero attached hydrogens (tertiary/aromatic N) is 1. The van der Waals surface area contributed by atoms with Gasteiger partial charge in [-0.1, -0.05) is 0 Å². The molecule has 2 atom stereocenters. The van der Waals surface area contributed by atoms with E-state index in [1.54, 1.807) is 25.3 Å². The molecule has 2 unspecified atom stereocenters. The van der Waals surface area contributed by atoms with Gasteiger partial charge >= 0.3 is 0 Å². The van der Waals surface area contributed by atoms with E-state index >= 15 is 0 Å². The van der Waals surface area contributed by atoms with Crippen LogP contribution in [0.1, 0.15) is 17.4 Å². The summed E-state index contributed by atoms with van der Waals surface area (Å²) in [5.74, 6) is 0.0782. The van der Waals surface area contributed by atoms with Crippen LogP contribution in [0, 0.1) is 0 Å². The van der Waals surface area contributed by atoms with E-state index in [1.165, 1.54) is 6.20 Å². The van der Waals surface area contributed by atoms with Gasteiger partial charge in [-0.25, -0.2) is 4.98 Å². The van der Waals surface area contributed by atoms with Crippen LogP contribution in [0.2, 0.25) is 0 Å². The fourth-order valence-electron chi connectivity index (χ4n) is 1.29. The standard InChI is InChI=1S/C10H15N3O2S/c1-7(6-16(2)15)13-10(14)9-8(11)4-3-5-12-9/h3-5,7H,6,11H2,1-2H3,(H,13,14). The van der Waals surface area contributed by atoms with E-state index in [4.69, 9.17) is 5.73 Å². The fraction of sp³-hybridized carbons (Fsp3) is 0.400. The summed E-state index contributed by atoms with van der Waals surface area (Å²) in [6, 6.07) is 3.11. The maximum Gasteiger partial charge on any atom is 0.272 e. The van der Waals surface area contributed by atoms with Gasteiger partial charge in [0.2, 0.25) is 0 Å². The number of hydrogen-bond acceptors (Lipinski definition) is 4. The maximum atomic E-state index is 11.7. The largest absolute Gasteiger partial charge is 0.397 e. The number of hydrogen-bond donors (Lipinski definition) is 2. The van der Waals surface area contributed by atoms with Gasteiger partial charge in [0.15, 0.2) is 5.69 Å². The predicted molar refractivity (Wildman–Crippen MR) is 64.5 cm³/mol. The highest BCUT2D eigenvalue weighted by atomic mass is 32.2. The number of anilines is 1. The Morgan fingerprint density at radius 3 is 2.94 bits per heavy atom. The lowest BCUT2D eigenvalue weighted by Gasteiger charge is -2.12. The topological polar surface area (TPSA) is 85.1 Å². The number of nitrogen functional groups attached to an aromatic ring is 1. The number of carbonyl (C=O) groups excluding carboxylic acids is 1. The van der Waals surface area contributed by atoms with E-state index in [2.05, 4.69) is 10.3 Å². The highest BCUT2D eigenvalue weighted by Crippen LogP contribution is 2.06. The van der Waals surface area contributed by atoms with Gasteiger partial charge in [0.1, 0.15) is 0 Å². The number of nitrogens with two attached hydrogens (primary N) is 1. The molecule has 1 aromatic rings. The van der Waals surface area contributed by atoms with Crippen molar-refractivity contribution in [1.82, 2.24) is 10.3 Å². The summed E-state index contributed by atoms with van der Waals surface area (Å²) in [6.07, 6.45) is 3.10. The summed E-state index contributed by atoms with van der Waals surface area (Å²) in [4.78, 5) is 15.6. The lowest BCUT2D eigenvalue weighted by Crippen LogP contribution is -2.36. The molecule has 6 heteroatoms. The van der Waals surface area contributed by atoms with Crippen LogP contribution < -0.4 is 11.1 Å². The molecule has 0 bridgehead atoms. The maximum absolute atomic E-state index is 11.7. The number of amides is 1. The Balaban J connectivity index is 2.66. The van der Waals surface area contributed by atoms with Gasteiger partial charge in [-0.05, 0) is 19.1 Å². The molecule has 16 heavy (non-hydrogen) atoms. The molecular formula is C10H15N3O2S. The SMILES string of the molecule is CC(CS(C)=O)NC(=O)c1ncccc1N.